The van der Waals surface area contributed by atoms with Crippen LogP contribution in [-0.4, -0.2) is 28.7 Å². The zero-order valence-corrected chi connectivity index (χ0v) is 16.6. The third-order valence-electron chi connectivity index (χ3n) is 4.52. The lowest BCUT2D eigenvalue weighted by molar-refractivity contribution is 0.151. The lowest BCUT2D eigenvalue weighted by Crippen LogP contribution is -2.12. The summed E-state index contributed by atoms with van der Waals surface area (Å²) in [5.74, 6) is 0.114. The number of sulfonamides is 1. The number of aliphatic hydroxyl groups excluding tert-OH is 1. The fourth-order valence-corrected chi connectivity index (χ4v) is 3.56. The molecule has 29 heavy (non-hydrogen) atoms. The minimum atomic E-state index is -3.74. The third-order valence-corrected chi connectivity index (χ3v) is 5.40. The molecule has 2 unspecified atom stereocenters. The monoisotopic (exact) mass is 410 g/mol. The van der Waals surface area contributed by atoms with Crippen molar-refractivity contribution in [2.24, 2.45) is 5.14 Å². The van der Waals surface area contributed by atoms with Crippen LogP contribution in [0.1, 0.15) is 30.1 Å². The van der Waals surface area contributed by atoms with Crippen molar-refractivity contribution in [3.05, 3.63) is 90.1 Å². The standard InChI is InChI=1S/C15H16O.C6H6N4O2S/c1-12(13-8-4-2-5-9-13)15(16)14-10-6-3-7-11-14;7-13(11,12)6-4-2-1-3-8-5(4)9-10-6/h2-12,15-16H,1H3;1-3H,(H2,7,11,12)(H,8,9,10). The van der Waals surface area contributed by atoms with Crippen molar-refractivity contribution in [3.63, 3.8) is 0 Å². The molecule has 0 aliphatic heterocycles. The van der Waals surface area contributed by atoms with Crippen LogP contribution in [0.3, 0.4) is 0 Å². The minimum Gasteiger partial charge on any atom is -0.388 e. The molecule has 0 bridgehead atoms. The molecule has 0 amide bonds. The number of hydrogen-bond acceptors (Lipinski definition) is 5. The molecule has 4 aromatic rings. The van der Waals surface area contributed by atoms with Crippen molar-refractivity contribution in [3.8, 4) is 0 Å². The summed E-state index contributed by atoms with van der Waals surface area (Å²) in [6.45, 7) is 2.05. The topological polar surface area (TPSA) is 122 Å². The van der Waals surface area contributed by atoms with E-state index in [1.54, 1.807) is 12.1 Å². The molecular weight excluding hydrogens is 388 g/mol. The number of nitrogens with two attached hydrogens (primary N) is 1. The molecule has 4 N–H and O–H groups in total. The van der Waals surface area contributed by atoms with Gasteiger partial charge in [-0.2, -0.15) is 5.10 Å². The molecule has 0 fully saturated rings. The smallest absolute Gasteiger partial charge is 0.255 e. The Morgan fingerprint density at radius 2 is 1.52 bits per heavy atom. The first kappa shape index (κ1) is 20.7. The number of hydrogen-bond donors (Lipinski definition) is 3. The molecule has 150 valence electrons. The van der Waals surface area contributed by atoms with Gasteiger partial charge >= 0.3 is 0 Å². The number of fused-ring (bicyclic) bond motifs is 1. The van der Waals surface area contributed by atoms with E-state index in [1.807, 2.05) is 55.5 Å². The molecular formula is C21H22N4O3S. The Balaban J connectivity index is 0.000000169. The Morgan fingerprint density at radius 3 is 2.10 bits per heavy atom. The Hall–Kier alpha value is -3.07. The molecule has 0 spiro atoms. The number of rotatable bonds is 4. The van der Waals surface area contributed by atoms with Crippen molar-refractivity contribution in [1.82, 2.24) is 15.2 Å². The van der Waals surface area contributed by atoms with Gasteiger partial charge in [0.05, 0.1) is 11.5 Å². The van der Waals surface area contributed by atoms with E-state index in [2.05, 4.69) is 27.3 Å². The first-order valence-electron chi connectivity index (χ1n) is 8.98. The van der Waals surface area contributed by atoms with Crippen molar-refractivity contribution >= 4 is 21.1 Å². The molecule has 8 heteroatoms. The molecule has 2 aromatic carbocycles. The van der Waals surface area contributed by atoms with Crippen molar-refractivity contribution < 1.29 is 13.5 Å². The second-order valence-corrected chi connectivity index (χ2v) is 8.03. The molecule has 0 aliphatic carbocycles. The Morgan fingerprint density at radius 1 is 0.931 bits per heavy atom. The van der Waals surface area contributed by atoms with Crippen molar-refractivity contribution in [2.45, 2.75) is 24.0 Å². The van der Waals surface area contributed by atoms with Crippen LogP contribution < -0.4 is 5.14 Å². The van der Waals surface area contributed by atoms with E-state index in [9.17, 15) is 13.5 Å². The number of aromatic amines is 1. The molecule has 2 atom stereocenters. The van der Waals surface area contributed by atoms with Gasteiger partial charge in [0, 0.05) is 12.1 Å². The van der Waals surface area contributed by atoms with Crippen LogP contribution in [0.25, 0.3) is 11.0 Å². The summed E-state index contributed by atoms with van der Waals surface area (Å²) in [6.07, 6.45) is 1.08. The first-order valence-corrected chi connectivity index (χ1v) is 10.5. The Labute approximate surface area is 169 Å². The lowest BCUT2D eigenvalue weighted by Gasteiger charge is -2.19. The average Bonchev–Trinajstić information content (AvgIpc) is 3.19. The van der Waals surface area contributed by atoms with Crippen LogP contribution in [0, 0.1) is 0 Å². The van der Waals surface area contributed by atoms with Gasteiger partial charge in [-0.05, 0) is 23.3 Å². The summed E-state index contributed by atoms with van der Waals surface area (Å²) >= 11 is 0. The number of nitrogens with one attached hydrogen (secondary N) is 1. The van der Waals surface area contributed by atoms with Gasteiger partial charge in [0.15, 0.2) is 10.7 Å². The number of aromatic nitrogens is 3. The first-order chi connectivity index (χ1) is 13.9. The number of aliphatic hydroxyl groups is 1. The van der Waals surface area contributed by atoms with E-state index >= 15 is 0 Å². The van der Waals surface area contributed by atoms with Crippen LogP contribution in [-0.2, 0) is 10.0 Å². The maximum Gasteiger partial charge on any atom is 0.255 e. The average molecular weight is 410 g/mol. The lowest BCUT2D eigenvalue weighted by atomic mass is 9.91. The van der Waals surface area contributed by atoms with Crippen molar-refractivity contribution in [1.29, 1.82) is 0 Å². The zero-order valence-electron chi connectivity index (χ0n) is 15.8. The van der Waals surface area contributed by atoms with Crippen LogP contribution in [0.2, 0.25) is 0 Å². The van der Waals surface area contributed by atoms with Crippen LogP contribution in [0.15, 0.2) is 84.0 Å². The van der Waals surface area contributed by atoms with Gasteiger partial charge in [-0.1, -0.05) is 67.6 Å². The summed E-state index contributed by atoms with van der Waals surface area (Å²) < 4.78 is 22.0. The normalized spacial score (nSPS) is 13.3. The van der Waals surface area contributed by atoms with Gasteiger partial charge in [-0.15, -0.1) is 0 Å². The van der Waals surface area contributed by atoms with Gasteiger partial charge in [0.1, 0.15) is 0 Å². The summed E-state index contributed by atoms with van der Waals surface area (Å²) in [5.41, 5.74) is 2.48. The van der Waals surface area contributed by atoms with Crippen molar-refractivity contribution in [2.75, 3.05) is 0 Å². The zero-order chi connectivity index (χ0) is 20.9. The van der Waals surface area contributed by atoms with E-state index in [0.717, 1.165) is 5.56 Å². The number of benzene rings is 2. The second-order valence-electron chi connectivity index (χ2n) is 6.53. The molecule has 0 radical (unpaired) electrons. The third kappa shape index (κ3) is 5.05. The maximum absolute atomic E-state index is 11.0. The summed E-state index contributed by atoms with van der Waals surface area (Å²) in [4.78, 5) is 3.85. The number of nitrogens with zero attached hydrogens (tertiary/aromatic N) is 2. The Bertz CT molecular complexity index is 1120. The highest BCUT2D eigenvalue weighted by atomic mass is 32.2. The van der Waals surface area contributed by atoms with Gasteiger partial charge in [-0.3, -0.25) is 5.10 Å². The predicted octanol–water partition coefficient (Wildman–Crippen LogP) is 3.13. The van der Waals surface area contributed by atoms with E-state index in [0.29, 0.717) is 11.0 Å². The summed E-state index contributed by atoms with van der Waals surface area (Å²) in [7, 11) is -3.74. The highest BCUT2D eigenvalue weighted by Crippen LogP contribution is 2.29. The SMILES string of the molecule is CC(c1ccccc1)C(O)c1ccccc1.NS(=O)(=O)c1[nH]nc2ncccc12. The fraction of sp³-hybridized carbons (Fsp3) is 0.143. The summed E-state index contributed by atoms with van der Waals surface area (Å²) in [5, 5.41) is 21.5. The molecule has 0 aliphatic rings. The summed E-state index contributed by atoms with van der Waals surface area (Å²) in [6, 6.07) is 23.1. The molecule has 2 aromatic heterocycles. The molecule has 7 nitrogen and oxygen atoms in total. The van der Waals surface area contributed by atoms with E-state index in [1.165, 1.54) is 11.8 Å². The molecule has 0 saturated heterocycles. The maximum atomic E-state index is 11.0. The highest BCUT2D eigenvalue weighted by Gasteiger charge is 2.17. The quantitative estimate of drug-likeness (QED) is 0.477. The van der Waals surface area contributed by atoms with Gasteiger partial charge in [-0.25, -0.2) is 18.5 Å². The molecule has 2 heterocycles. The van der Waals surface area contributed by atoms with E-state index < -0.39 is 16.1 Å². The highest BCUT2D eigenvalue weighted by molar-refractivity contribution is 7.89. The largest absolute Gasteiger partial charge is 0.388 e. The number of primary sulfonamides is 1. The van der Waals surface area contributed by atoms with E-state index in [4.69, 9.17) is 5.14 Å². The number of H-pyrrole nitrogens is 1. The van der Waals surface area contributed by atoms with Gasteiger partial charge in [0.25, 0.3) is 10.0 Å². The minimum absolute atomic E-state index is 0.101. The van der Waals surface area contributed by atoms with Gasteiger partial charge < -0.3 is 5.11 Å². The van der Waals surface area contributed by atoms with Gasteiger partial charge in [0.2, 0.25) is 0 Å². The molecule has 0 saturated carbocycles. The molecule has 4 rings (SSSR count). The van der Waals surface area contributed by atoms with E-state index in [-0.39, 0.29) is 10.9 Å². The van der Waals surface area contributed by atoms with Crippen LogP contribution >= 0.6 is 0 Å². The number of pyridine rings is 1. The van der Waals surface area contributed by atoms with Crippen LogP contribution in [0.5, 0.6) is 0 Å². The predicted molar refractivity (Wildman–Crippen MR) is 112 cm³/mol. The second kappa shape index (κ2) is 8.95. The van der Waals surface area contributed by atoms with Crippen LogP contribution in [0.4, 0.5) is 0 Å². The fourth-order valence-electron chi connectivity index (χ4n) is 2.92. The Kier molecular flexibility index (Phi) is 6.38.